The number of nitrogens with one attached hydrogen (secondary N) is 2. The van der Waals surface area contributed by atoms with Crippen LogP contribution in [0.4, 0.5) is 0 Å². The zero-order valence-electron chi connectivity index (χ0n) is 15.9. The highest BCUT2D eigenvalue weighted by molar-refractivity contribution is 5.80. The van der Waals surface area contributed by atoms with Gasteiger partial charge in [-0.05, 0) is 57.8 Å². The van der Waals surface area contributed by atoms with E-state index in [4.69, 9.17) is 0 Å². The summed E-state index contributed by atoms with van der Waals surface area (Å²) in [5, 5.41) is 6.80. The van der Waals surface area contributed by atoms with Crippen molar-refractivity contribution in [1.29, 1.82) is 0 Å². The predicted molar refractivity (Wildman–Crippen MR) is 103 cm³/mol. The van der Waals surface area contributed by atoms with Crippen LogP contribution in [0.2, 0.25) is 0 Å². The van der Waals surface area contributed by atoms with Crippen molar-refractivity contribution < 1.29 is 0 Å². The van der Waals surface area contributed by atoms with Gasteiger partial charge in [0.25, 0.3) is 0 Å². The van der Waals surface area contributed by atoms with E-state index in [1.54, 1.807) is 0 Å². The molecule has 0 bridgehead atoms. The topological polar surface area (TPSA) is 39.7 Å². The molecule has 4 heteroatoms. The molecular formula is C20H34N4. The van der Waals surface area contributed by atoms with Gasteiger partial charge in [-0.15, -0.1) is 0 Å². The number of guanidine groups is 1. The van der Waals surface area contributed by atoms with Crippen molar-refractivity contribution in [3.8, 4) is 0 Å². The van der Waals surface area contributed by atoms with Gasteiger partial charge in [-0.2, -0.15) is 0 Å². The Morgan fingerprint density at radius 3 is 2.38 bits per heavy atom. The first kappa shape index (κ1) is 18.8. The van der Waals surface area contributed by atoms with Gasteiger partial charge < -0.3 is 10.6 Å². The number of rotatable bonds is 4. The maximum Gasteiger partial charge on any atom is 0.191 e. The van der Waals surface area contributed by atoms with Gasteiger partial charge in [-0.3, -0.25) is 9.89 Å². The molecule has 1 heterocycles. The number of hydrogen-bond acceptors (Lipinski definition) is 2. The average Bonchev–Trinajstić information content (AvgIpc) is 2.79. The largest absolute Gasteiger partial charge is 0.352 e. The molecule has 0 saturated carbocycles. The Balaban J connectivity index is 1.90. The molecule has 1 saturated heterocycles. The summed E-state index contributed by atoms with van der Waals surface area (Å²) in [6.07, 6.45) is 5.47. The van der Waals surface area contributed by atoms with E-state index in [-0.39, 0.29) is 5.54 Å². The summed E-state index contributed by atoms with van der Waals surface area (Å²) >= 11 is 0. The van der Waals surface area contributed by atoms with E-state index in [0.29, 0.717) is 0 Å². The summed E-state index contributed by atoms with van der Waals surface area (Å²) in [5.41, 5.74) is 2.73. The molecule has 0 aromatic heterocycles. The third-order valence-corrected chi connectivity index (χ3v) is 4.27. The second-order valence-corrected chi connectivity index (χ2v) is 7.81. The molecule has 1 aromatic rings. The van der Waals surface area contributed by atoms with Crippen molar-refractivity contribution in [3.05, 3.63) is 35.4 Å². The normalized spacial score (nSPS) is 17.4. The van der Waals surface area contributed by atoms with Crippen LogP contribution in [-0.2, 0) is 13.1 Å². The standard InChI is InChI=1S/C20H34N4/c1-20(2,3)23-19(21-4)22-15-17-10-9-11-18(14-17)16-24-12-7-5-6-8-13-24/h9-11,14H,5-8,12-13,15-16H2,1-4H3,(H2,21,22,23). The molecule has 0 aliphatic carbocycles. The van der Waals surface area contributed by atoms with Crippen LogP contribution in [0.3, 0.4) is 0 Å². The van der Waals surface area contributed by atoms with E-state index in [1.807, 2.05) is 7.05 Å². The van der Waals surface area contributed by atoms with Crippen molar-refractivity contribution in [3.63, 3.8) is 0 Å². The SMILES string of the molecule is CN=C(NCc1cccc(CN2CCCCCC2)c1)NC(C)(C)C. The zero-order chi connectivity index (χ0) is 17.4. The second-order valence-electron chi connectivity index (χ2n) is 7.81. The summed E-state index contributed by atoms with van der Waals surface area (Å²) in [6.45, 7) is 10.8. The Kier molecular flexibility index (Phi) is 7.10. The smallest absolute Gasteiger partial charge is 0.191 e. The van der Waals surface area contributed by atoms with Crippen LogP contribution in [-0.4, -0.2) is 36.5 Å². The predicted octanol–water partition coefficient (Wildman–Crippen LogP) is 3.53. The Morgan fingerprint density at radius 1 is 1.08 bits per heavy atom. The van der Waals surface area contributed by atoms with Gasteiger partial charge in [-0.1, -0.05) is 37.1 Å². The molecular weight excluding hydrogens is 296 g/mol. The first-order valence-corrected chi connectivity index (χ1v) is 9.25. The summed E-state index contributed by atoms with van der Waals surface area (Å²) in [5.74, 6) is 0.848. The fourth-order valence-corrected chi connectivity index (χ4v) is 3.11. The van der Waals surface area contributed by atoms with E-state index < -0.39 is 0 Å². The fraction of sp³-hybridized carbons (Fsp3) is 0.650. The number of likely N-dealkylation sites (tertiary alicyclic amines) is 1. The second kappa shape index (κ2) is 9.07. The minimum absolute atomic E-state index is 0.0104. The highest BCUT2D eigenvalue weighted by Crippen LogP contribution is 2.14. The summed E-state index contributed by atoms with van der Waals surface area (Å²) < 4.78 is 0. The third kappa shape index (κ3) is 6.91. The van der Waals surface area contributed by atoms with Crippen LogP contribution in [0, 0.1) is 0 Å². The lowest BCUT2D eigenvalue weighted by atomic mass is 10.1. The summed E-state index contributed by atoms with van der Waals surface area (Å²) in [7, 11) is 1.82. The van der Waals surface area contributed by atoms with Crippen molar-refractivity contribution >= 4 is 5.96 Å². The van der Waals surface area contributed by atoms with Gasteiger partial charge >= 0.3 is 0 Å². The van der Waals surface area contributed by atoms with E-state index in [0.717, 1.165) is 19.0 Å². The molecule has 2 N–H and O–H groups in total. The molecule has 4 nitrogen and oxygen atoms in total. The summed E-state index contributed by atoms with van der Waals surface area (Å²) in [6, 6.07) is 8.92. The number of aliphatic imine (C=N–C) groups is 1. The molecule has 1 aromatic carbocycles. The maximum absolute atomic E-state index is 4.30. The van der Waals surface area contributed by atoms with Gasteiger partial charge in [0.05, 0.1) is 0 Å². The van der Waals surface area contributed by atoms with Crippen molar-refractivity contribution in [2.45, 2.75) is 65.1 Å². The highest BCUT2D eigenvalue weighted by Gasteiger charge is 2.12. The van der Waals surface area contributed by atoms with Crippen LogP contribution >= 0.6 is 0 Å². The molecule has 0 unspecified atom stereocenters. The minimum atomic E-state index is 0.0104. The van der Waals surface area contributed by atoms with Crippen LogP contribution < -0.4 is 10.6 Å². The lowest BCUT2D eigenvalue weighted by Gasteiger charge is -2.24. The van der Waals surface area contributed by atoms with Crippen LogP contribution in [0.15, 0.2) is 29.3 Å². The molecule has 24 heavy (non-hydrogen) atoms. The molecule has 134 valence electrons. The van der Waals surface area contributed by atoms with Gasteiger partial charge in [0, 0.05) is 25.7 Å². The molecule has 0 atom stereocenters. The first-order valence-electron chi connectivity index (χ1n) is 9.25. The molecule has 2 rings (SSSR count). The Morgan fingerprint density at radius 2 is 1.75 bits per heavy atom. The quantitative estimate of drug-likeness (QED) is 0.655. The first-order chi connectivity index (χ1) is 11.5. The maximum atomic E-state index is 4.30. The Hall–Kier alpha value is -1.55. The Labute approximate surface area is 147 Å². The van der Waals surface area contributed by atoms with E-state index in [9.17, 15) is 0 Å². The average molecular weight is 331 g/mol. The van der Waals surface area contributed by atoms with Crippen molar-refractivity contribution in [2.24, 2.45) is 4.99 Å². The molecule has 0 amide bonds. The minimum Gasteiger partial charge on any atom is -0.352 e. The number of hydrogen-bond donors (Lipinski definition) is 2. The highest BCUT2D eigenvalue weighted by atomic mass is 15.2. The molecule has 0 spiro atoms. The fourth-order valence-electron chi connectivity index (χ4n) is 3.11. The van der Waals surface area contributed by atoms with Crippen molar-refractivity contribution in [1.82, 2.24) is 15.5 Å². The van der Waals surface area contributed by atoms with Crippen LogP contribution in [0.5, 0.6) is 0 Å². The Bertz CT molecular complexity index is 523. The molecule has 1 aliphatic heterocycles. The van der Waals surface area contributed by atoms with Crippen molar-refractivity contribution in [2.75, 3.05) is 20.1 Å². The number of nitrogens with zero attached hydrogens (tertiary/aromatic N) is 2. The molecule has 0 radical (unpaired) electrons. The van der Waals surface area contributed by atoms with Gasteiger partial charge in [-0.25, -0.2) is 0 Å². The zero-order valence-corrected chi connectivity index (χ0v) is 15.9. The third-order valence-electron chi connectivity index (χ3n) is 4.27. The van der Waals surface area contributed by atoms with E-state index >= 15 is 0 Å². The van der Waals surface area contributed by atoms with Gasteiger partial charge in [0.15, 0.2) is 5.96 Å². The summed E-state index contributed by atoms with van der Waals surface area (Å²) in [4.78, 5) is 6.90. The monoisotopic (exact) mass is 330 g/mol. The van der Waals surface area contributed by atoms with E-state index in [1.165, 1.54) is 49.9 Å². The lowest BCUT2D eigenvalue weighted by Crippen LogP contribution is -2.47. The van der Waals surface area contributed by atoms with Crippen LogP contribution in [0.1, 0.15) is 57.6 Å². The molecule has 1 fully saturated rings. The number of benzene rings is 1. The molecule has 1 aliphatic rings. The van der Waals surface area contributed by atoms with E-state index in [2.05, 4.69) is 65.6 Å². The van der Waals surface area contributed by atoms with Crippen LogP contribution in [0.25, 0.3) is 0 Å². The lowest BCUT2D eigenvalue weighted by molar-refractivity contribution is 0.277. The van der Waals surface area contributed by atoms with Gasteiger partial charge in [0.2, 0.25) is 0 Å². The van der Waals surface area contributed by atoms with Gasteiger partial charge in [0.1, 0.15) is 0 Å².